The summed E-state index contributed by atoms with van der Waals surface area (Å²) in [7, 11) is -1.80. The van der Waals surface area contributed by atoms with Gasteiger partial charge in [0.05, 0.1) is 11.5 Å². The predicted octanol–water partition coefficient (Wildman–Crippen LogP) is 1.83. The van der Waals surface area contributed by atoms with Gasteiger partial charge >= 0.3 is 0 Å². The maximum Gasteiger partial charge on any atom is 0.280 e. The highest BCUT2D eigenvalue weighted by Gasteiger charge is 2.30. The van der Waals surface area contributed by atoms with Gasteiger partial charge in [0, 0.05) is 36.7 Å². The summed E-state index contributed by atoms with van der Waals surface area (Å²) in [6.07, 6.45) is 0.598. The molecule has 4 N–H and O–H groups in total. The van der Waals surface area contributed by atoms with Gasteiger partial charge in [0.1, 0.15) is 21.3 Å². The molecule has 0 saturated heterocycles. The van der Waals surface area contributed by atoms with E-state index in [9.17, 15) is 22.9 Å². The molecule has 2 atom stereocenters. The number of aliphatic hydroxyl groups is 1. The van der Waals surface area contributed by atoms with Gasteiger partial charge in [-0.25, -0.2) is 22.5 Å². The molecule has 1 aliphatic rings. The Labute approximate surface area is 154 Å². The molecule has 0 fully saturated rings. The number of aryl methyl sites for hydroxylation is 1. The molecule has 2 aromatic heterocycles. The van der Waals surface area contributed by atoms with E-state index < -0.39 is 34.0 Å². The summed E-state index contributed by atoms with van der Waals surface area (Å²) in [5.74, 6) is -0.567. The highest BCUT2D eigenvalue weighted by Crippen LogP contribution is 2.28. The summed E-state index contributed by atoms with van der Waals surface area (Å²) in [6, 6.07) is 1.96. The fourth-order valence-electron chi connectivity index (χ4n) is 3.07. The lowest BCUT2D eigenvalue weighted by Crippen LogP contribution is -2.35. The molecule has 0 aromatic carbocycles. The summed E-state index contributed by atoms with van der Waals surface area (Å²) in [5, 5.41) is 11.9. The second-order valence-corrected chi connectivity index (χ2v) is 8.04. The van der Waals surface area contributed by atoms with Gasteiger partial charge in [-0.3, -0.25) is 9.78 Å². The maximum absolute atomic E-state index is 12.8. The topological polar surface area (TPSA) is 120 Å². The van der Waals surface area contributed by atoms with Crippen LogP contribution in [0, 0.1) is 4.78 Å². The molecule has 0 radical (unpaired) electrons. The molecule has 11 heteroatoms. The van der Waals surface area contributed by atoms with Crippen LogP contribution in [0.1, 0.15) is 34.6 Å². The number of carbonyl (C=O) groups excluding carboxylic acids is 1. The Morgan fingerprint density at radius 2 is 2.33 bits per heavy atom. The van der Waals surface area contributed by atoms with Crippen LogP contribution in [-0.4, -0.2) is 37.4 Å². The van der Waals surface area contributed by atoms with Gasteiger partial charge in [-0.15, -0.1) is 0 Å². The van der Waals surface area contributed by atoms with E-state index in [0.717, 1.165) is 6.07 Å². The van der Waals surface area contributed by atoms with Crippen molar-refractivity contribution >= 4 is 21.5 Å². The molecular weight excluding hydrogens is 380 g/mol. The Bertz CT molecular complexity index is 974. The molecule has 8 nitrogen and oxygen atoms in total. The van der Waals surface area contributed by atoms with Crippen molar-refractivity contribution in [3.8, 4) is 0 Å². The Morgan fingerprint density at radius 3 is 3.00 bits per heavy atom. The first-order valence-corrected chi connectivity index (χ1v) is 9.69. The van der Waals surface area contributed by atoms with Crippen molar-refractivity contribution in [3.05, 3.63) is 41.5 Å². The molecule has 3 heterocycles. The molecule has 3 rings (SSSR count). The van der Waals surface area contributed by atoms with Gasteiger partial charge in [-0.05, 0) is 25.0 Å². The lowest BCUT2D eigenvalue weighted by Gasteiger charge is -2.13. The number of carbonyl (C=O) groups is 1. The van der Waals surface area contributed by atoms with E-state index in [1.54, 1.807) is 7.05 Å². The maximum atomic E-state index is 12.8. The Morgan fingerprint density at radius 1 is 1.59 bits per heavy atom. The minimum absolute atomic E-state index is 0.159. The normalized spacial score (nSPS) is 22.3. The number of aromatic nitrogens is 2. The van der Waals surface area contributed by atoms with E-state index in [0.29, 0.717) is 18.4 Å². The van der Waals surface area contributed by atoms with Crippen molar-refractivity contribution < 1.29 is 22.9 Å². The van der Waals surface area contributed by atoms with Crippen LogP contribution in [0.5, 0.6) is 0 Å². The summed E-state index contributed by atoms with van der Waals surface area (Å²) < 4.78 is 50.4. The fourth-order valence-corrected chi connectivity index (χ4v) is 4.72. The van der Waals surface area contributed by atoms with Crippen LogP contribution in [0.4, 0.5) is 14.5 Å². The minimum Gasteiger partial charge on any atom is -0.395 e. The van der Waals surface area contributed by atoms with Crippen LogP contribution >= 0.6 is 0 Å². The SMILES string of the molecule is Cn1cc2c(c1C(=O)Nc1ccnc(C(F)F)c1)CC[C@H](CO)NS2(=N)=O. The van der Waals surface area contributed by atoms with E-state index in [2.05, 4.69) is 15.0 Å². The van der Waals surface area contributed by atoms with E-state index in [1.165, 1.54) is 23.0 Å². The first-order chi connectivity index (χ1) is 12.7. The number of nitrogens with zero attached hydrogens (tertiary/aromatic N) is 2. The van der Waals surface area contributed by atoms with Crippen LogP contribution in [-0.2, 0) is 23.4 Å². The Balaban J connectivity index is 1.96. The lowest BCUT2D eigenvalue weighted by molar-refractivity contribution is 0.101. The number of halogens is 2. The number of rotatable bonds is 4. The third-order valence-corrected chi connectivity index (χ3v) is 5.97. The van der Waals surface area contributed by atoms with E-state index in [4.69, 9.17) is 4.78 Å². The second-order valence-electron chi connectivity index (χ2n) is 6.25. The molecule has 0 saturated carbocycles. The van der Waals surface area contributed by atoms with Gasteiger partial charge in [0.2, 0.25) is 0 Å². The number of nitrogens with one attached hydrogen (secondary N) is 3. The number of hydrogen-bond donors (Lipinski definition) is 4. The lowest BCUT2D eigenvalue weighted by atomic mass is 10.1. The van der Waals surface area contributed by atoms with Crippen molar-refractivity contribution in [2.75, 3.05) is 11.9 Å². The molecule has 2 aromatic rings. The van der Waals surface area contributed by atoms with Gasteiger partial charge in [-0.2, -0.15) is 0 Å². The van der Waals surface area contributed by atoms with Gasteiger partial charge in [0.15, 0.2) is 0 Å². The summed E-state index contributed by atoms with van der Waals surface area (Å²) in [6.45, 7) is -0.277. The Kier molecular flexibility index (Phi) is 5.27. The molecule has 146 valence electrons. The standard InChI is InChI=1S/C16H19F2N5O3S/c1-23-7-13-11(3-2-10(8-24)22-27(13,19)26)14(23)16(25)21-9-4-5-20-12(6-9)15(17)18/h4-7,10,15,24H,2-3,8H2,1H3,(H2,19,22,26)(H,20,21,25)/t10-,27?/m1/s1. The van der Waals surface area contributed by atoms with Crippen molar-refractivity contribution in [1.82, 2.24) is 14.3 Å². The molecule has 0 aliphatic carbocycles. The van der Waals surface area contributed by atoms with Gasteiger partial charge in [-0.1, -0.05) is 0 Å². The summed E-state index contributed by atoms with van der Waals surface area (Å²) in [5.41, 5.74) is 0.344. The minimum atomic E-state index is -3.39. The molecule has 1 amide bonds. The van der Waals surface area contributed by atoms with Crippen LogP contribution in [0.25, 0.3) is 0 Å². The number of amides is 1. The number of fused-ring (bicyclic) bond motifs is 1. The molecule has 0 spiro atoms. The molecule has 1 aliphatic heterocycles. The zero-order chi connectivity index (χ0) is 19.8. The second kappa shape index (κ2) is 7.33. The van der Waals surface area contributed by atoms with Crippen molar-refractivity contribution in [2.24, 2.45) is 7.05 Å². The summed E-state index contributed by atoms with van der Waals surface area (Å²) >= 11 is 0. The monoisotopic (exact) mass is 399 g/mol. The van der Waals surface area contributed by atoms with Crippen LogP contribution in [0.15, 0.2) is 29.4 Å². The van der Waals surface area contributed by atoms with Gasteiger partial charge < -0.3 is 15.0 Å². The number of alkyl halides is 2. The third-order valence-electron chi connectivity index (χ3n) is 4.33. The van der Waals surface area contributed by atoms with E-state index >= 15 is 0 Å². The number of aliphatic hydroxyl groups excluding tert-OH is 1. The Hall–Kier alpha value is -2.37. The fraction of sp³-hybridized carbons (Fsp3) is 0.375. The molecule has 0 bridgehead atoms. The predicted molar refractivity (Wildman–Crippen MR) is 94.0 cm³/mol. The zero-order valence-corrected chi connectivity index (χ0v) is 15.2. The quantitative estimate of drug-likeness (QED) is 0.627. The molecule has 1 unspecified atom stereocenters. The highest BCUT2D eigenvalue weighted by atomic mass is 32.2. The smallest absolute Gasteiger partial charge is 0.280 e. The average molecular weight is 399 g/mol. The first-order valence-electron chi connectivity index (χ1n) is 8.13. The zero-order valence-electron chi connectivity index (χ0n) is 14.4. The van der Waals surface area contributed by atoms with Crippen LogP contribution < -0.4 is 10.0 Å². The van der Waals surface area contributed by atoms with Crippen molar-refractivity contribution in [2.45, 2.75) is 30.2 Å². The van der Waals surface area contributed by atoms with E-state index in [-0.39, 0.29) is 22.9 Å². The molecule has 27 heavy (non-hydrogen) atoms. The van der Waals surface area contributed by atoms with Crippen LogP contribution in [0.2, 0.25) is 0 Å². The molecular formula is C16H19F2N5O3S. The number of pyridine rings is 1. The number of anilines is 1. The third kappa shape index (κ3) is 3.84. The van der Waals surface area contributed by atoms with Crippen molar-refractivity contribution in [3.63, 3.8) is 0 Å². The number of hydrogen-bond acceptors (Lipinski definition) is 5. The van der Waals surface area contributed by atoms with Gasteiger partial charge in [0.25, 0.3) is 12.3 Å². The largest absolute Gasteiger partial charge is 0.395 e. The highest BCUT2D eigenvalue weighted by molar-refractivity contribution is 7.90. The van der Waals surface area contributed by atoms with Crippen LogP contribution in [0.3, 0.4) is 0 Å². The van der Waals surface area contributed by atoms with E-state index in [1.807, 2.05) is 0 Å². The first kappa shape index (κ1) is 19.4. The van der Waals surface area contributed by atoms with Crippen molar-refractivity contribution in [1.29, 1.82) is 4.78 Å². The average Bonchev–Trinajstić information content (AvgIpc) is 2.90. The summed E-state index contributed by atoms with van der Waals surface area (Å²) in [4.78, 5) is 16.5.